The van der Waals surface area contributed by atoms with E-state index in [9.17, 15) is 4.79 Å². The molecule has 1 aromatic carbocycles. The van der Waals surface area contributed by atoms with Crippen LogP contribution in [0.2, 0.25) is 0 Å². The van der Waals surface area contributed by atoms with Gasteiger partial charge in [0.2, 0.25) is 0 Å². The molecule has 0 saturated carbocycles. The summed E-state index contributed by atoms with van der Waals surface area (Å²) >= 11 is 0. The van der Waals surface area contributed by atoms with Gasteiger partial charge in [0.05, 0.1) is 0 Å². The summed E-state index contributed by atoms with van der Waals surface area (Å²) in [5.74, 6) is 0.625. The van der Waals surface area contributed by atoms with E-state index in [1.165, 1.54) is 0 Å². The molecular weight excluding hydrogens is 204 g/mol. The zero-order valence-corrected chi connectivity index (χ0v) is 9.75. The molecule has 0 spiro atoms. The van der Waals surface area contributed by atoms with Crippen LogP contribution in [0.25, 0.3) is 0 Å². The molecule has 0 unspecified atom stereocenters. The van der Waals surface area contributed by atoms with Crippen LogP contribution in [0, 0.1) is 6.92 Å². The molecule has 0 aliphatic carbocycles. The minimum Gasteiger partial charge on any atom is -0.484 e. The first-order valence-electron chi connectivity index (χ1n) is 5.33. The van der Waals surface area contributed by atoms with E-state index in [1.54, 1.807) is 0 Å². The smallest absolute Gasteiger partial charge is 0.257 e. The van der Waals surface area contributed by atoms with Gasteiger partial charge in [-0.25, -0.2) is 0 Å². The third kappa shape index (κ3) is 4.79. The van der Waals surface area contributed by atoms with Crippen LogP contribution >= 0.6 is 0 Å². The summed E-state index contributed by atoms with van der Waals surface area (Å²) in [6.07, 6.45) is 0. The lowest BCUT2D eigenvalue weighted by Crippen LogP contribution is -2.33. The Kier molecular flexibility index (Phi) is 5.36. The lowest BCUT2D eigenvalue weighted by atomic mass is 10.2. The summed E-state index contributed by atoms with van der Waals surface area (Å²) in [5.41, 5.74) is 1.12. The van der Waals surface area contributed by atoms with Crippen molar-refractivity contribution >= 4 is 5.91 Å². The van der Waals surface area contributed by atoms with E-state index in [-0.39, 0.29) is 12.5 Å². The van der Waals surface area contributed by atoms with Gasteiger partial charge in [0, 0.05) is 13.1 Å². The van der Waals surface area contributed by atoms with Crippen molar-refractivity contribution in [2.24, 2.45) is 0 Å². The summed E-state index contributed by atoms with van der Waals surface area (Å²) < 4.78 is 5.35. The van der Waals surface area contributed by atoms with Crippen LogP contribution in [0.5, 0.6) is 5.75 Å². The molecule has 0 fully saturated rings. The Morgan fingerprint density at radius 3 is 2.88 bits per heavy atom. The van der Waals surface area contributed by atoms with Crippen molar-refractivity contribution in [3.63, 3.8) is 0 Å². The molecule has 1 aromatic rings. The first-order chi connectivity index (χ1) is 7.72. The molecule has 0 saturated heterocycles. The lowest BCUT2D eigenvalue weighted by Gasteiger charge is -2.07. The van der Waals surface area contributed by atoms with Gasteiger partial charge in [0.15, 0.2) is 6.61 Å². The van der Waals surface area contributed by atoms with Crippen molar-refractivity contribution in [3.05, 3.63) is 29.8 Å². The number of aryl methyl sites for hydroxylation is 1. The maximum Gasteiger partial charge on any atom is 0.257 e. The molecule has 16 heavy (non-hydrogen) atoms. The first kappa shape index (κ1) is 12.5. The fraction of sp³-hybridized carbons (Fsp3) is 0.417. The van der Waals surface area contributed by atoms with E-state index in [0.717, 1.165) is 17.9 Å². The second-order valence-corrected chi connectivity index (χ2v) is 3.56. The van der Waals surface area contributed by atoms with Crippen molar-refractivity contribution in [1.82, 2.24) is 10.6 Å². The Hall–Kier alpha value is -1.55. The fourth-order valence-electron chi connectivity index (χ4n) is 1.23. The highest BCUT2D eigenvalue weighted by Crippen LogP contribution is 2.11. The van der Waals surface area contributed by atoms with E-state index in [1.807, 2.05) is 38.2 Å². The number of benzene rings is 1. The third-order valence-corrected chi connectivity index (χ3v) is 2.06. The lowest BCUT2D eigenvalue weighted by molar-refractivity contribution is -0.123. The fourth-order valence-corrected chi connectivity index (χ4v) is 1.23. The molecule has 0 aromatic heterocycles. The number of hydrogen-bond acceptors (Lipinski definition) is 3. The monoisotopic (exact) mass is 222 g/mol. The average molecular weight is 222 g/mol. The molecule has 4 heteroatoms. The number of nitrogens with one attached hydrogen (secondary N) is 2. The highest BCUT2D eigenvalue weighted by atomic mass is 16.5. The molecule has 0 heterocycles. The molecule has 1 amide bonds. The second kappa shape index (κ2) is 6.85. The summed E-state index contributed by atoms with van der Waals surface area (Å²) in [6.45, 7) is 3.43. The largest absolute Gasteiger partial charge is 0.484 e. The normalized spacial score (nSPS) is 9.88. The van der Waals surface area contributed by atoms with E-state index in [0.29, 0.717) is 6.54 Å². The number of likely N-dealkylation sites (N-methyl/N-ethyl adjacent to an activating group) is 1. The highest BCUT2D eigenvalue weighted by molar-refractivity contribution is 5.77. The molecule has 4 nitrogen and oxygen atoms in total. The Balaban J connectivity index is 2.26. The molecule has 1 rings (SSSR count). The Morgan fingerprint density at radius 1 is 1.38 bits per heavy atom. The molecule has 0 bridgehead atoms. The van der Waals surface area contributed by atoms with Crippen molar-refractivity contribution < 1.29 is 9.53 Å². The second-order valence-electron chi connectivity index (χ2n) is 3.56. The van der Waals surface area contributed by atoms with Crippen molar-refractivity contribution in [3.8, 4) is 5.75 Å². The van der Waals surface area contributed by atoms with Gasteiger partial charge in [0.1, 0.15) is 5.75 Å². The van der Waals surface area contributed by atoms with Crippen molar-refractivity contribution in [2.75, 3.05) is 26.7 Å². The number of ether oxygens (including phenoxy) is 1. The van der Waals surface area contributed by atoms with Crippen LogP contribution in [0.1, 0.15) is 5.56 Å². The highest BCUT2D eigenvalue weighted by Gasteiger charge is 2.01. The Labute approximate surface area is 96.0 Å². The van der Waals surface area contributed by atoms with Crippen molar-refractivity contribution in [2.45, 2.75) is 6.92 Å². The third-order valence-electron chi connectivity index (χ3n) is 2.06. The number of carbonyl (C=O) groups is 1. The molecule has 88 valence electrons. The van der Waals surface area contributed by atoms with E-state index >= 15 is 0 Å². The molecular formula is C12H18N2O2. The van der Waals surface area contributed by atoms with Crippen LogP contribution in [0.3, 0.4) is 0 Å². The number of carbonyl (C=O) groups excluding carboxylic acids is 1. The predicted octanol–water partition coefficient (Wildman–Crippen LogP) is 0.709. The van der Waals surface area contributed by atoms with Gasteiger partial charge in [-0.1, -0.05) is 12.1 Å². The van der Waals surface area contributed by atoms with Crippen LogP contribution < -0.4 is 15.4 Å². The van der Waals surface area contributed by atoms with Gasteiger partial charge in [-0.2, -0.15) is 0 Å². The summed E-state index contributed by atoms with van der Waals surface area (Å²) in [5, 5.41) is 5.69. The van der Waals surface area contributed by atoms with E-state index in [4.69, 9.17) is 4.74 Å². The Morgan fingerprint density at radius 2 is 2.19 bits per heavy atom. The van der Waals surface area contributed by atoms with E-state index in [2.05, 4.69) is 10.6 Å². The number of amides is 1. The van der Waals surface area contributed by atoms with Crippen LogP contribution in [-0.4, -0.2) is 32.7 Å². The summed E-state index contributed by atoms with van der Waals surface area (Å²) in [6, 6.07) is 7.64. The SMILES string of the molecule is CNCCNC(=O)COc1cccc(C)c1. The quantitative estimate of drug-likeness (QED) is 0.697. The van der Waals surface area contributed by atoms with Gasteiger partial charge in [0.25, 0.3) is 5.91 Å². The predicted molar refractivity (Wildman–Crippen MR) is 63.6 cm³/mol. The zero-order valence-electron chi connectivity index (χ0n) is 9.75. The van der Waals surface area contributed by atoms with Crippen molar-refractivity contribution in [1.29, 1.82) is 0 Å². The Bertz CT molecular complexity index is 340. The van der Waals surface area contributed by atoms with E-state index < -0.39 is 0 Å². The van der Waals surface area contributed by atoms with Crippen LogP contribution in [0.15, 0.2) is 24.3 Å². The minimum absolute atomic E-state index is 0.0627. The maximum absolute atomic E-state index is 11.3. The number of hydrogen-bond donors (Lipinski definition) is 2. The molecule has 0 radical (unpaired) electrons. The van der Waals surface area contributed by atoms with Gasteiger partial charge < -0.3 is 15.4 Å². The number of rotatable bonds is 6. The van der Waals surface area contributed by atoms with Crippen LogP contribution in [-0.2, 0) is 4.79 Å². The van der Waals surface area contributed by atoms with Gasteiger partial charge >= 0.3 is 0 Å². The summed E-state index contributed by atoms with van der Waals surface area (Å²) in [7, 11) is 1.84. The van der Waals surface area contributed by atoms with Gasteiger partial charge in [-0.3, -0.25) is 4.79 Å². The van der Waals surface area contributed by atoms with Gasteiger partial charge in [-0.15, -0.1) is 0 Å². The first-order valence-corrected chi connectivity index (χ1v) is 5.33. The summed E-state index contributed by atoms with van der Waals surface area (Å²) in [4.78, 5) is 11.3. The minimum atomic E-state index is -0.100. The van der Waals surface area contributed by atoms with Gasteiger partial charge in [-0.05, 0) is 31.7 Å². The maximum atomic E-state index is 11.3. The average Bonchev–Trinajstić information content (AvgIpc) is 2.27. The standard InChI is InChI=1S/C12H18N2O2/c1-10-4-3-5-11(8-10)16-9-12(15)14-7-6-13-2/h3-5,8,13H,6-7,9H2,1-2H3,(H,14,15). The molecule has 2 N–H and O–H groups in total. The molecule has 0 aliphatic rings. The van der Waals surface area contributed by atoms with Crippen LogP contribution in [0.4, 0.5) is 0 Å². The topological polar surface area (TPSA) is 50.4 Å². The zero-order chi connectivity index (χ0) is 11.8. The molecule has 0 aliphatic heterocycles. The molecule has 0 atom stereocenters.